The molecule has 0 aromatic heterocycles. The number of rotatable bonds is 1. The summed E-state index contributed by atoms with van der Waals surface area (Å²) in [5, 5.41) is 0. The SMILES string of the molecule is CO[Si](O)(O)O.[NaH]. The van der Waals surface area contributed by atoms with Gasteiger partial charge in [0.2, 0.25) is 0 Å². The van der Waals surface area contributed by atoms with Crippen molar-refractivity contribution in [3.8, 4) is 0 Å². The van der Waals surface area contributed by atoms with Gasteiger partial charge in [0, 0.05) is 7.11 Å². The summed E-state index contributed by atoms with van der Waals surface area (Å²) in [6.45, 7) is 0. The van der Waals surface area contributed by atoms with Crippen molar-refractivity contribution in [2.75, 3.05) is 7.11 Å². The predicted octanol–water partition coefficient (Wildman–Crippen LogP) is -2.60. The van der Waals surface area contributed by atoms with Crippen molar-refractivity contribution in [1.82, 2.24) is 0 Å². The van der Waals surface area contributed by atoms with E-state index in [0.29, 0.717) is 0 Å². The first kappa shape index (κ1) is 10.9. The summed E-state index contributed by atoms with van der Waals surface area (Å²) < 4.78 is 3.74. The van der Waals surface area contributed by atoms with Crippen LogP contribution in [0, 0.1) is 0 Å². The Balaban J connectivity index is 0. The van der Waals surface area contributed by atoms with Crippen LogP contribution in [0.25, 0.3) is 0 Å². The van der Waals surface area contributed by atoms with E-state index >= 15 is 0 Å². The zero-order chi connectivity index (χ0) is 5.21. The Morgan fingerprint density at radius 2 is 1.43 bits per heavy atom. The second-order valence-electron chi connectivity index (χ2n) is 0.778. The second-order valence-corrected chi connectivity index (χ2v) is 2.33. The molecular formula is CH7NaO4Si. The van der Waals surface area contributed by atoms with Gasteiger partial charge in [-0.1, -0.05) is 0 Å². The fourth-order valence-corrected chi connectivity index (χ4v) is 0. The van der Waals surface area contributed by atoms with Gasteiger partial charge in [-0.05, 0) is 0 Å². The molecule has 0 rings (SSSR count). The Hall–Kier alpha value is 1.06. The maximum atomic E-state index is 7.85. The zero-order valence-electron chi connectivity index (χ0n) is 3.25. The molecule has 4 nitrogen and oxygen atoms in total. The van der Waals surface area contributed by atoms with Gasteiger partial charge in [-0.15, -0.1) is 0 Å². The van der Waals surface area contributed by atoms with Crippen LogP contribution in [0.3, 0.4) is 0 Å². The van der Waals surface area contributed by atoms with Crippen molar-refractivity contribution in [1.29, 1.82) is 0 Å². The first-order valence-corrected chi connectivity index (χ1v) is 3.03. The summed E-state index contributed by atoms with van der Waals surface area (Å²) >= 11 is 0. The molecule has 7 heavy (non-hydrogen) atoms. The molecule has 0 amide bonds. The van der Waals surface area contributed by atoms with Gasteiger partial charge in [-0.25, -0.2) is 0 Å². The van der Waals surface area contributed by atoms with Crippen LogP contribution in [0.2, 0.25) is 0 Å². The van der Waals surface area contributed by atoms with E-state index in [1.807, 2.05) is 0 Å². The molecule has 0 bridgehead atoms. The van der Waals surface area contributed by atoms with E-state index in [1.54, 1.807) is 0 Å². The van der Waals surface area contributed by atoms with Gasteiger partial charge in [0.05, 0.1) is 0 Å². The van der Waals surface area contributed by atoms with Crippen molar-refractivity contribution < 1.29 is 18.8 Å². The molecule has 0 aliphatic heterocycles. The maximum absolute atomic E-state index is 7.85. The predicted molar refractivity (Wildman–Crippen MR) is 26.6 cm³/mol. The first-order chi connectivity index (χ1) is 2.56. The molecule has 0 aromatic carbocycles. The fourth-order valence-electron chi connectivity index (χ4n) is 0. The van der Waals surface area contributed by atoms with Crippen LogP contribution in [0.5, 0.6) is 0 Å². The van der Waals surface area contributed by atoms with Gasteiger partial charge < -0.3 is 18.8 Å². The summed E-state index contributed by atoms with van der Waals surface area (Å²) in [5.41, 5.74) is 0. The van der Waals surface area contributed by atoms with Crippen molar-refractivity contribution in [3.63, 3.8) is 0 Å². The molecule has 0 spiro atoms. The van der Waals surface area contributed by atoms with Crippen LogP contribution in [-0.4, -0.2) is 60.1 Å². The first-order valence-electron chi connectivity index (χ1n) is 1.28. The van der Waals surface area contributed by atoms with Crippen molar-refractivity contribution >= 4 is 38.6 Å². The van der Waals surface area contributed by atoms with Crippen LogP contribution < -0.4 is 0 Å². The van der Waals surface area contributed by atoms with Crippen LogP contribution in [0.1, 0.15) is 0 Å². The molecule has 0 unspecified atom stereocenters. The van der Waals surface area contributed by atoms with Gasteiger partial charge >= 0.3 is 38.6 Å². The van der Waals surface area contributed by atoms with Crippen LogP contribution in [0.15, 0.2) is 0 Å². The number of hydrogen-bond acceptors (Lipinski definition) is 4. The Bertz CT molecular complexity index is 41.4. The molecule has 6 heteroatoms. The molecule has 0 aliphatic carbocycles. The van der Waals surface area contributed by atoms with Crippen molar-refractivity contribution in [3.05, 3.63) is 0 Å². The van der Waals surface area contributed by atoms with Gasteiger partial charge in [-0.2, -0.15) is 0 Å². The Morgan fingerprint density at radius 1 is 1.29 bits per heavy atom. The molecule has 0 saturated carbocycles. The topological polar surface area (TPSA) is 69.9 Å². The van der Waals surface area contributed by atoms with E-state index in [0.717, 1.165) is 7.11 Å². The minimum absolute atomic E-state index is 0. The Morgan fingerprint density at radius 3 is 1.43 bits per heavy atom. The average Bonchev–Trinajstić information content (AvgIpc) is 1.35. The molecule has 0 saturated heterocycles. The summed E-state index contributed by atoms with van der Waals surface area (Å²) in [5.74, 6) is 0. The third-order valence-corrected chi connectivity index (χ3v) is 0.822. The summed E-state index contributed by atoms with van der Waals surface area (Å²) in [6.07, 6.45) is 0. The standard InChI is InChI=1S/CH6O4Si.Na.H/c1-5-6(2,3)4;;/h2-4H,1H3;;. The molecule has 0 radical (unpaired) electrons. The molecule has 0 atom stereocenters. The van der Waals surface area contributed by atoms with Gasteiger partial charge in [-0.3, -0.25) is 0 Å². The van der Waals surface area contributed by atoms with E-state index in [1.165, 1.54) is 0 Å². The van der Waals surface area contributed by atoms with Crippen LogP contribution in [0.4, 0.5) is 0 Å². The monoisotopic (exact) mass is 134 g/mol. The van der Waals surface area contributed by atoms with Gasteiger partial charge in [0.25, 0.3) is 0 Å². The molecule has 3 N–H and O–H groups in total. The quantitative estimate of drug-likeness (QED) is 0.344. The molecule has 40 valence electrons. The molecule has 0 aliphatic rings. The summed E-state index contributed by atoms with van der Waals surface area (Å²) in [6, 6.07) is 0. The third kappa shape index (κ3) is 11.0. The molecular weight excluding hydrogens is 127 g/mol. The summed E-state index contributed by atoms with van der Waals surface area (Å²) in [4.78, 5) is 23.6. The zero-order valence-corrected chi connectivity index (χ0v) is 4.25. The normalized spacial score (nSPS) is 10.3. The van der Waals surface area contributed by atoms with Gasteiger partial charge in [0.1, 0.15) is 0 Å². The van der Waals surface area contributed by atoms with Crippen LogP contribution >= 0.6 is 0 Å². The second kappa shape index (κ2) is 3.99. The van der Waals surface area contributed by atoms with Crippen molar-refractivity contribution in [2.24, 2.45) is 0 Å². The van der Waals surface area contributed by atoms with Crippen LogP contribution in [-0.2, 0) is 4.43 Å². The fraction of sp³-hybridized carbons (Fsp3) is 1.00. The molecule has 0 fully saturated rings. The number of hydrogen-bond donors (Lipinski definition) is 3. The summed E-state index contributed by atoms with van der Waals surface area (Å²) in [7, 11) is -3.11. The van der Waals surface area contributed by atoms with E-state index in [9.17, 15) is 0 Å². The van der Waals surface area contributed by atoms with Gasteiger partial charge in [0.15, 0.2) is 0 Å². The van der Waals surface area contributed by atoms with E-state index < -0.39 is 9.05 Å². The van der Waals surface area contributed by atoms with Crippen molar-refractivity contribution in [2.45, 2.75) is 0 Å². The Kier molecular flexibility index (Phi) is 6.23. The van der Waals surface area contributed by atoms with E-state index in [-0.39, 0.29) is 29.6 Å². The van der Waals surface area contributed by atoms with E-state index in [2.05, 4.69) is 4.43 Å². The van der Waals surface area contributed by atoms with E-state index in [4.69, 9.17) is 14.4 Å². The Labute approximate surface area is 64.5 Å². The average molecular weight is 134 g/mol. The molecule has 0 heterocycles. The minimum atomic E-state index is -4.13. The third-order valence-electron chi connectivity index (χ3n) is 0.274. The molecule has 0 aromatic rings.